The van der Waals surface area contributed by atoms with Crippen LogP contribution in [0.5, 0.6) is 5.75 Å². The fraction of sp³-hybridized carbons (Fsp3) is 0.346. The lowest BCUT2D eigenvalue weighted by atomic mass is 9.89. The highest BCUT2D eigenvalue weighted by atomic mass is 19.4. The number of allylic oxidation sites excluding steroid dienone is 2. The number of piperidine rings is 1. The number of aromatic hydroxyl groups is 1. The van der Waals surface area contributed by atoms with Crippen molar-refractivity contribution in [3.05, 3.63) is 76.4 Å². The van der Waals surface area contributed by atoms with Gasteiger partial charge in [0.25, 0.3) is 0 Å². The van der Waals surface area contributed by atoms with Crippen LogP contribution in [0.4, 0.5) is 22.0 Å². The highest BCUT2D eigenvalue weighted by molar-refractivity contribution is 5.90. The molecule has 0 radical (unpaired) electrons. The zero-order valence-corrected chi connectivity index (χ0v) is 19.6. The van der Waals surface area contributed by atoms with Crippen molar-refractivity contribution in [2.75, 3.05) is 19.6 Å². The molecule has 9 heteroatoms. The number of benzene rings is 2. The Morgan fingerprint density at radius 1 is 1.20 bits per heavy atom. The molecule has 0 unspecified atom stereocenters. The molecule has 1 fully saturated rings. The SMILES string of the molecule is C=N/C=C(\C(=C(/C)c1cc(C)cc(F)c1)N1CCC(F)(CN)CC1)c1ccc(C(F)(F)F)cc1O. The first-order chi connectivity index (χ1) is 16.4. The van der Waals surface area contributed by atoms with E-state index in [9.17, 15) is 27.1 Å². The van der Waals surface area contributed by atoms with Crippen LogP contribution in [0.3, 0.4) is 0 Å². The summed E-state index contributed by atoms with van der Waals surface area (Å²) in [6, 6.07) is 7.15. The van der Waals surface area contributed by atoms with E-state index < -0.39 is 29.0 Å². The number of hydrogen-bond acceptors (Lipinski definition) is 4. The topological polar surface area (TPSA) is 61.8 Å². The Hall–Kier alpha value is -3.20. The van der Waals surface area contributed by atoms with Crippen LogP contribution in [0.2, 0.25) is 0 Å². The van der Waals surface area contributed by atoms with Gasteiger partial charge in [-0.3, -0.25) is 4.99 Å². The molecule has 0 bridgehead atoms. The number of nitrogens with two attached hydrogens (primary N) is 1. The maximum absolute atomic E-state index is 14.9. The Balaban J connectivity index is 2.22. The molecular weight excluding hydrogens is 465 g/mol. The highest BCUT2D eigenvalue weighted by Gasteiger charge is 2.36. The molecule has 1 aliphatic heterocycles. The Bertz CT molecular complexity index is 1140. The van der Waals surface area contributed by atoms with Gasteiger partial charge in [0, 0.05) is 55.5 Å². The molecule has 0 aromatic heterocycles. The summed E-state index contributed by atoms with van der Waals surface area (Å²) in [5, 5.41) is 10.6. The third kappa shape index (κ3) is 5.90. The molecule has 0 atom stereocenters. The van der Waals surface area contributed by atoms with E-state index in [-0.39, 0.29) is 43.6 Å². The lowest BCUT2D eigenvalue weighted by molar-refractivity contribution is -0.137. The maximum atomic E-state index is 14.9. The van der Waals surface area contributed by atoms with E-state index >= 15 is 0 Å². The van der Waals surface area contributed by atoms with Crippen LogP contribution < -0.4 is 5.73 Å². The van der Waals surface area contributed by atoms with Crippen LogP contribution in [0, 0.1) is 12.7 Å². The molecular formula is C26H28F5N3O. The number of nitrogens with zero attached hydrogens (tertiary/aromatic N) is 2. The van der Waals surface area contributed by atoms with E-state index in [1.807, 2.05) is 4.90 Å². The summed E-state index contributed by atoms with van der Waals surface area (Å²) in [5.41, 5.74) is 5.72. The average Bonchev–Trinajstić information content (AvgIpc) is 2.78. The summed E-state index contributed by atoms with van der Waals surface area (Å²) < 4.78 is 68.6. The van der Waals surface area contributed by atoms with Crippen molar-refractivity contribution in [2.24, 2.45) is 10.7 Å². The highest BCUT2D eigenvalue weighted by Crippen LogP contribution is 2.41. The van der Waals surface area contributed by atoms with Crippen LogP contribution >= 0.6 is 0 Å². The normalized spacial score (nSPS) is 17.3. The lowest BCUT2D eigenvalue weighted by Gasteiger charge is -2.39. The molecule has 35 heavy (non-hydrogen) atoms. The van der Waals surface area contributed by atoms with Gasteiger partial charge >= 0.3 is 6.18 Å². The fourth-order valence-electron chi connectivity index (χ4n) is 4.32. The van der Waals surface area contributed by atoms with Crippen LogP contribution in [0.15, 0.2) is 53.3 Å². The second kappa shape index (κ2) is 10.2. The van der Waals surface area contributed by atoms with E-state index in [0.717, 1.165) is 12.1 Å². The van der Waals surface area contributed by atoms with Gasteiger partial charge < -0.3 is 15.7 Å². The Labute approximate surface area is 201 Å². The summed E-state index contributed by atoms with van der Waals surface area (Å²) in [6.07, 6.45) is -3.04. The van der Waals surface area contributed by atoms with Gasteiger partial charge in [-0.2, -0.15) is 13.2 Å². The molecule has 0 amide bonds. The summed E-state index contributed by atoms with van der Waals surface area (Å²) in [7, 11) is 0. The molecule has 1 heterocycles. The van der Waals surface area contributed by atoms with Gasteiger partial charge in [-0.25, -0.2) is 8.78 Å². The van der Waals surface area contributed by atoms with E-state index in [4.69, 9.17) is 5.73 Å². The van der Waals surface area contributed by atoms with Crippen molar-refractivity contribution in [2.45, 2.75) is 38.5 Å². The maximum Gasteiger partial charge on any atom is 0.416 e. The molecule has 1 saturated heterocycles. The number of hydrogen-bond donors (Lipinski definition) is 2. The molecule has 4 nitrogen and oxygen atoms in total. The Kier molecular flexibility index (Phi) is 7.69. The zero-order valence-electron chi connectivity index (χ0n) is 19.6. The quantitative estimate of drug-likeness (QED) is 0.291. The minimum Gasteiger partial charge on any atom is -0.507 e. The minimum absolute atomic E-state index is 0.0868. The number of phenols is 1. The van der Waals surface area contributed by atoms with Crippen molar-refractivity contribution >= 4 is 17.9 Å². The molecule has 3 N–H and O–H groups in total. The van der Waals surface area contributed by atoms with E-state index in [2.05, 4.69) is 11.7 Å². The molecule has 188 valence electrons. The molecule has 2 aromatic carbocycles. The number of alkyl halides is 4. The third-order valence-corrected chi connectivity index (χ3v) is 6.26. The van der Waals surface area contributed by atoms with Crippen LogP contribution in [0.1, 0.15) is 42.0 Å². The second-order valence-electron chi connectivity index (χ2n) is 8.79. The average molecular weight is 494 g/mol. The molecule has 0 spiro atoms. The first kappa shape index (κ1) is 26.4. The monoisotopic (exact) mass is 493 g/mol. The zero-order chi connectivity index (χ0) is 26.0. The first-order valence-electron chi connectivity index (χ1n) is 11.1. The molecule has 0 aliphatic carbocycles. The van der Waals surface area contributed by atoms with Crippen LogP contribution in [-0.4, -0.2) is 42.0 Å². The summed E-state index contributed by atoms with van der Waals surface area (Å²) in [5.74, 6) is -1.05. The number of phenolic OH excluding ortho intramolecular Hbond substituents is 1. The standard InChI is InChI=1S/C26H28F5N3O/c1-16-10-18(12-20(27)11-16)17(2)24(34-8-6-25(28,15-32)7-9-34)22(14-33-3)21-5-4-19(13-23(21)35)26(29,30)31/h4-5,10-14,35H,3,6-9,15,32H2,1-2H3/b22-14-,24-17-. The number of rotatable bonds is 6. The number of halogens is 5. The number of aryl methyl sites for hydroxylation is 1. The lowest BCUT2D eigenvalue weighted by Crippen LogP contribution is -2.45. The van der Waals surface area contributed by atoms with Crippen molar-refractivity contribution in [3.63, 3.8) is 0 Å². The van der Waals surface area contributed by atoms with Gasteiger partial charge in [0.15, 0.2) is 0 Å². The van der Waals surface area contributed by atoms with E-state index in [1.165, 1.54) is 18.3 Å². The van der Waals surface area contributed by atoms with Gasteiger partial charge in [-0.1, -0.05) is 6.07 Å². The minimum atomic E-state index is -4.64. The largest absolute Gasteiger partial charge is 0.507 e. The van der Waals surface area contributed by atoms with Gasteiger partial charge in [-0.15, -0.1) is 0 Å². The smallest absolute Gasteiger partial charge is 0.416 e. The van der Waals surface area contributed by atoms with Gasteiger partial charge in [0.2, 0.25) is 0 Å². The summed E-state index contributed by atoms with van der Waals surface area (Å²) in [4.78, 5) is 5.68. The van der Waals surface area contributed by atoms with Crippen LogP contribution in [-0.2, 0) is 6.18 Å². The van der Waals surface area contributed by atoms with E-state index in [0.29, 0.717) is 28.5 Å². The van der Waals surface area contributed by atoms with E-state index in [1.54, 1.807) is 19.9 Å². The Morgan fingerprint density at radius 2 is 1.86 bits per heavy atom. The number of likely N-dealkylation sites (tertiary alicyclic amines) is 1. The molecule has 1 aliphatic rings. The first-order valence-corrected chi connectivity index (χ1v) is 11.1. The predicted molar refractivity (Wildman–Crippen MR) is 128 cm³/mol. The van der Waals surface area contributed by atoms with Crippen molar-refractivity contribution in [1.29, 1.82) is 0 Å². The molecule has 2 aromatic rings. The molecule has 0 saturated carbocycles. The van der Waals surface area contributed by atoms with Crippen LogP contribution in [0.25, 0.3) is 11.1 Å². The predicted octanol–water partition coefficient (Wildman–Crippen LogP) is 6.09. The number of aliphatic imine (C=N–C) groups is 1. The van der Waals surface area contributed by atoms with Gasteiger partial charge in [-0.05, 0) is 67.6 Å². The summed E-state index contributed by atoms with van der Waals surface area (Å²) >= 11 is 0. The van der Waals surface area contributed by atoms with Crippen molar-refractivity contribution in [1.82, 2.24) is 4.90 Å². The molecule has 3 rings (SSSR count). The van der Waals surface area contributed by atoms with Crippen molar-refractivity contribution < 1.29 is 27.1 Å². The van der Waals surface area contributed by atoms with Gasteiger partial charge in [0.1, 0.15) is 17.2 Å². The summed E-state index contributed by atoms with van der Waals surface area (Å²) in [6.45, 7) is 7.33. The second-order valence-corrected chi connectivity index (χ2v) is 8.79. The Morgan fingerprint density at radius 3 is 2.37 bits per heavy atom. The third-order valence-electron chi connectivity index (χ3n) is 6.26. The fourth-order valence-corrected chi connectivity index (χ4v) is 4.32. The van der Waals surface area contributed by atoms with Crippen molar-refractivity contribution in [3.8, 4) is 5.75 Å². The van der Waals surface area contributed by atoms with Gasteiger partial charge in [0.05, 0.1) is 5.56 Å².